The highest BCUT2D eigenvalue weighted by Gasteiger charge is 2.21. The molecule has 9 heteroatoms. The summed E-state index contributed by atoms with van der Waals surface area (Å²) in [4.78, 5) is 23.0. The molecule has 0 aliphatic heterocycles. The molecule has 0 aliphatic carbocycles. The third-order valence-electron chi connectivity index (χ3n) is 3.48. The average molecular weight is 318 g/mol. The van der Waals surface area contributed by atoms with Crippen LogP contribution in [0.2, 0.25) is 0 Å². The van der Waals surface area contributed by atoms with Crippen LogP contribution in [-0.4, -0.2) is 31.5 Å². The predicted molar refractivity (Wildman–Crippen MR) is 81.8 cm³/mol. The summed E-state index contributed by atoms with van der Waals surface area (Å²) in [5.74, 6) is -0.0149. The predicted octanol–water partition coefficient (Wildman–Crippen LogP) is 1.94. The van der Waals surface area contributed by atoms with Gasteiger partial charge in [-0.1, -0.05) is 31.5 Å². The highest BCUT2D eigenvalue weighted by molar-refractivity contribution is 5.95. The summed E-state index contributed by atoms with van der Waals surface area (Å²) < 4.78 is 0. The van der Waals surface area contributed by atoms with Gasteiger partial charge in [0.1, 0.15) is 0 Å². The van der Waals surface area contributed by atoms with Gasteiger partial charge in [-0.25, -0.2) is 0 Å². The maximum atomic E-state index is 12.4. The van der Waals surface area contributed by atoms with Gasteiger partial charge in [-0.3, -0.25) is 14.9 Å². The Hall–Kier alpha value is -2.84. The topological polar surface area (TPSA) is 127 Å². The average Bonchev–Trinajstić information content (AvgIpc) is 3.08. The van der Waals surface area contributed by atoms with Crippen molar-refractivity contribution in [2.75, 3.05) is 0 Å². The molecule has 0 aliphatic rings. The molecule has 1 aromatic carbocycles. The number of nitrogens with one attached hydrogen (secondary N) is 2. The standard InChI is InChI=1S/C14H18N6O3/c1-3-5-11(13-16-18-19-17-13)15-14(21)10-7-6-9(4-2)12(8-10)20(22)23/h6-8,11H,3-5H2,1-2H3,(H,15,21)(H,16,17,18,19). The molecule has 1 amide bonds. The molecule has 1 aromatic heterocycles. The van der Waals surface area contributed by atoms with Gasteiger partial charge in [-0.2, -0.15) is 5.21 Å². The highest BCUT2D eigenvalue weighted by Crippen LogP contribution is 2.22. The van der Waals surface area contributed by atoms with E-state index in [1.165, 1.54) is 6.07 Å². The highest BCUT2D eigenvalue weighted by atomic mass is 16.6. The molecule has 0 bridgehead atoms. The first-order valence-corrected chi connectivity index (χ1v) is 7.38. The van der Waals surface area contributed by atoms with E-state index in [2.05, 4.69) is 25.9 Å². The quantitative estimate of drug-likeness (QED) is 0.593. The number of nitro groups is 1. The van der Waals surface area contributed by atoms with Gasteiger partial charge < -0.3 is 5.32 Å². The van der Waals surface area contributed by atoms with Crippen molar-refractivity contribution < 1.29 is 9.72 Å². The minimum absolute atomic E-state index is 0.0493. The first-order valence-electron chi connectivity index (χ1n) is 7.38. The minimum Gasteiger partial charge on any atom is -0.342 e. The fourth-order valence-electron chi connectivity index (χ4n) is 2.29. The fourth-order valence-corrected chi connectivity index (χ4v) is 2.29. The van der Waals surface area contributed by atoms with Crippen molar-refractivity contribution in [3.8, 4) is 0 Å². The Balaban J connectivity index is 2.22. The molecule has 2 aromatic rings. The van der Waals surface area contributed by atoms with E-state index in [0.717, 1.165) is 6.42 Å². The van der Waals surface area contributed by atoms with E-state index in [1.807, 2.05) is 13.8 Å². The zero-order chi connectivity index (χ0) is 16.8. The molecule has 0 fully saturated rings. The molecule has 1 heterocycles. The van der Waals surface area contributed by atoms with Gasteiger partial charge in [0.2, 0.25) is 0 Å². The molecule has 0 radical (unpaired) electrons. The number of nitrogens with zero attached hydrogens (tertiary/aromatic N) is 4. The molecular weight excluding hydrogens is 300 g/mol. The second kappa shape index (κ2) is 7.43. The number of aromatic nitrogens is 4. The lowest BCUT2D eigenvalue weighted by molar-refractivity contribution is -0.385. The zero-order valence-electron chi connectivity index (χ0n) is 12.9. The van der Waals surface area contributed by atoms with Crippen LogP contribution >= 0.6 is 0 Å². The van der Waals surface area contributed by atoms with Crippen molar-refractivity contribution in [3.05, 3.63) is 45.3 Å². The van der Waals surface area contributed by atoms with Crippen molar-refractivity contribution in [2.24, 2.45) is 0 Å². The van der Waals surface area contributed by atoms with Crippen LogP contribution in [0.25, 0.3) is 0 Å². The maximum Gasteiger partial charge on any atom is 0.273 e. The summed E-state index contributed by atoms with van der Waals surface area (Å²) in [7, 11) is 0. The zero-order valence-corrected chi connectivity index (χ0v) is 12.9. The van der Waals surface area contributed by atoms with E-state index < -0.39 is 16.9 Å². The summed E-state index contributed by atoms with van der Waals surface area (Å²) in [5, 5.41) is 27.5. The Bertz CT molecular complexity index is 686. The SMILES string of the molecule is CCCC(NC(=O)c1ccc(CC)c([N+](=O)[O-])c1)c1nn[nH]n1. The van der Waals surface area contributed by atoms with Crippen molar-refractivity contribution in [2.45, 2.75) is 39.2 Å². The fraction of sp³-hybridized carbons (Fsp3) is 0.429. The van der Waals surface area contributed by atoms with Gasteiger partial charge in [-0.15, -0.1) is 10.2 Å². The molecule has 2 rings (SSSR count). The molecule has 1 unspecified atom stereocenters. The summed E-state index contributed by atoms with van der Waals surface area (Å²) in [6, 6.07) is 4.10. The number of carbonyl (C=O) groups is 1. The molecule has 0 saturated carbocycles. The van der Waals surface area contributed by atoms with Crippen LogP contribution < -0.4 is 5.32 Å². The van der Waals surface area contributed by atoms with Crippen LogP contribution in [0, 0.1) is 10.1 Å². The number of hydrogen-bond donors (Lipinski definition) is 2. The summed E-state index contributed by atoms with van der Waals surface area (Å²) in [6.45, 7) is 3.80. The van der Waals surface area contributed by atoms with Crippen molar-refractivity contribution in [1.29, 1.82) is 0 Å². The normalized spacial score (nSPS) is 11.9. The molecule has 23 heavy (non-hydrogen) atoms. The lowest BCUT2D eigenvalue weighted by Crippen LogP contribution is -2.29. The van der Waals surface area contributed by atoms with Gasteiger partial charge >= 0.3 is 0 Å². The van der Waals surface area contributed by atoms with E-state index in [-0.39, 0.29) is 11.3 Å². The molecule has 2 N–H and O–H groups in total. The summed E-state index contributed by atoms with van der Waals surface area (Å²) in [5.41, 5.74) is 0.778. The number of amides is 1. The molecule has 122 valence electrons. The van der Waals surface area contributed by atoms with Crippen molar-refractivity contribution in [1.82, 2.24) is 25.9 Å². The third kappa shape index (κ3) is 3.87. The van der Waals surface area contributed by atoms with Gasteiger partial charge in [0, 0.05) is 17.2 Å². The number of carbonyl (C=O) groups excluding carboxylic acids is 1. The lowest BCUT2D eigenvalue weighted by Gasteiger charge is -2.14. The molecule has 1 atom stereocenters. The number of benzene rings is 1. The number of tetrazole rings is 1. The van der Waals surface area contributed by atoms with Crippen LogP contribution in [0.4, 0.5) is 5.69 Å². The Kier molecular flexibility index (Phi) is 5.34. The van der Waals surface area contributed by atoms with Gasteiger partial charge in [0.25, 0.3) is 11.6 Å². The number of aryl methyl sites for hydroxylation is 1. The van der Waals surface area contributed by atoms with E-state index in [4.69, 9.17) is 0 Å². The number of aromatic amines is 1. The van der Waals surface area contributed by atoms with E-state index in [1.54, 1.807) is 12.1 Å². The summed E-state index contributed by atoms with van der Waals surface area (Å²) in [6.07, 6.45) is 1.98. The summed E-state index contributed by atoms with van der Waals surface area (Å²) >= 11 is 0. The van der Waals surface area contributed by atoms with Crippen LogP contribution in [-0.2, 0) is 6.42 Å². The molecule has 0 spiro atoms. The second-order valence-electron chi connectivity index (χ2n) is 5.04. The monoisotopic (exact) mass is 318 g/mol. The lowest BCUT2D eigenvalue weighted by atomic mass is 10.1. The Labute approximate surface area is 132 Å². The van der Waals surface area contributed by atoms with E-state index >= 15 is 0 Å². The third-order valence-corrected chi connectivity index (χ3v) is 3.48. The smallest absolute Gasteiger partial charge is 0.273 e. The first-order chi connectivity index (χ1) is 11.1. The number of hydrogen-bond acceptors (Lipinski definition) is 6. The second-order valence-corrected chi connectivity index (χ2v) is 5.04. The number of rotatable bonds is 7. The minimum atomic E-state index is -0.474. The van der Waals surface area contributed by atoms with Gasteiger partial charge in [-0.05, 0) is 18.9 Å². The molecular formula is C14H18N6O3. The Morgan fingerprint density at radius 3 is 2.78 bits per heavy atom. The maximum absolute atomic E-state index is 12.4. The first kappa shape index (κ1) is 16.5. The Morgan fingerprint density at radius 2 is 2.22 bits per heavy atom. The van der Waals surface area contributed by atoms with Crippen LogP contribution in [0.15, 0.2) is 18.2 Å². The number of nitro benzene ring substituents is 1. The number of H-pyrrole nitrogens is 1. The van der Waals surface area contributed by atoms with Gasteiger partial charge in [0.05, 0.1) is 11.0 Å². The van der Waals surface area contributed by atoms with Crippen LogP contribution in [0.1, 0.15) is 54.5 Å². The molecule has 9 nitrogen and oxygen atoms in total. The molecule has 0 saturated heterocycles. The van der Waals surface area contributed by atoms with E-state index in [0.29, 0.717) is 24.2 Å². The van der Waals surface area contributed by atoms with Crippen molar-refractivity contribution >= 4 is 11.6 Å². The van der Waals surface area contributed by atoms with Crippen LogP contribution in [0.3, 0.4) is 0 Å². The van der Waals surface area contributed by atoms with Gasteiger partial charge in [0.15, 0.2) is 5.82 Å². The van der Waals surface area contributed by atoms with E-state index in [9.17, 15) is 14.9 Å². The van der Waals surface area contributed by atoms with Crippen molar-refractivity contribution in [3.63, 3.8) is 0 Å². The Morgan fingerprint density at radius 1 is 1.43 bits per heavy atom. The van der Waals surface area contributed by atoms with Crippen LogP contribution in [0.5, 0.6) is 0 Å². The largest absolute Gasteiger partial charge is 0.342 e.